The van der Waals surface area contributed by atoms with Crippen LogP contribution in [0.3, 0.4) is 0 Å². The van der Waals surface area contributed by atoms with Crippen molar-refractivity contribution in [1.29, 1.82) is 0 Å². The summed E-state index contributed by atoms with van der Waals surface area (Å²) in [5.41, 5.74) is 2.26. The molecule has 0 saturated heterocycles. The van der Waals surface area contributed by atoms with Gasteiger partial charge < -0.3 is 5.11 Å². The zero-order valence-electron chi connectivity index (χ0n) is 13.8. The summed E-state index contributed by atoms with van der Waals surface area (Å²) in [7, 11) is -2.33. The minimum Gasteiger partial charge on any atom is -0.389 e. The summed E-state index contributed by atoms with van der Waals surface area (Å²) in [5, 5.41) is 13.8. The lowest BCUT2D eigenvalue weighted by molar-refractivity contribution is 0.244. The Bertz CT molecular complexity index is 683. The monoisotopic (exact) mass is 330 g/mol. The van der Waals surface area contributed by atoms with Crippen molar-refractivity contribution in [3.63, 3.8) is 0 Å². The third-order valence-electron chi connectivity index (χ3n) is 4.31. The van der Waals surface area contributed by atoms with E-state index in [1.54, 1.807) is 6.92 Å². The van der Waals surface area contributed by atoms with Crippen LogP contribution in [-0.2, 0) is 0 Å². The van der Waals surface area contributed by atoms with Gasteiger partial charge in [0.1, 0.15) is 0 Å². The topological polar surface area (TPSA) is 20.2 Å². The number of hydrogen-bond acceptors (Lipinski definition) is 1. The first-order chi connectivity index (χ1) is 11.7. The summed E-state index contributed by atoms with van der Waals surface area (Å²) in [6.07, 6.45) is 1.46. The van der Waals surface area contributed by atoms with Crippen molar-refractivity contribution in [2.45, 2.75) is 13.0 Å². The third-order valence-corrected chi connectivity index (χ3v) is 8.74. The molecule has 1 unspecified atom stereocenters. The van der Waals surface area contributed by atoms with Crippen molar-refractivity contribution in [2.75, 3.05) is 0 Å². The Kier molecular flexibility index (Phi) is 5.09. The molecule has 1 atom stereocenters. The second-order valence-electron chi connectivity index (χ2n) is 6.01. The van der Waals surface area contributed by atoms with Gasteiger partial charge in [-0.2, -0.15) is 0 Å². The Morgan fingerprint density at radius 2 is 1.00 bits per heavy atom. The highest BCUT2D eigenvalue weighted by molar-refractivity contribution is 7.14. The van der Waals surface area contributed by atoms with Crippen LogP contribution in [0, 0.1) is 0 Å². The summed E-state index contributed by atoms with van der Waals surface area (Å²) in [6.45, 7) is 1.80. The van der Waals surface area contributed by atoms with Crippen LogP contribution in [0.15, 0.2) is 103 Å². The molecule has 0 aliphatic heterocycles. The van der Waals surface area contributed by atoms with Crippen LogP contribution in [0.1, 0.15) is 6.92 Å². The third kappa shape index (κ3) is 3.25. The average Bonchev–Trinajstić information content (AvgIpc) is 2.65. The quantitative estimate of drug-likeness (QED) is 0.563. The number of aliphatic hydroxyl groups is 1. The molecule has 3 aromatic rings. The minimum absolute atomic E-state index is 0.465. The van der Waals surface area contributed by atoms with Crippen LogP contribution >= 0.6 is 0 Å². The van der Waals surface area contributed by atoms with Gasteiger partial charge in [0.25, 0.3) is 0 Å². The van der Waals surface area contributed by atoms with Gasteiger partial charge in [-0.25, -0.2) is 0 Å². The van der Waals surface area contributed by atoms with Gasteiger partial charge in [0, 0.05) is 0 Å². The molecule has 2 heteroatoms. The van der Waals surface area contributed by atoms with E-state index in [0.717, 1.165) is 0 Å². The van der Waals surface area contributed by atoms with Crippen molar-refractivity contribution in [1.82, 2.24) is 0 Å². The zero-order chi connectivity index (χ0) is 16.8. The Morgan fingerprint density at radius 1 is 0.667 bits per heavy atom. The Balaban J connectivity index is 2.33. The molecule has 0 amide bonds. The lowest BCUT2D eigenvalue weighted by atomic mass is 10.3. The maximum absolute atomic E-state index is 9.89. The molecule has 3 aromatic carbocycles. The summed E-state index contributed by atoms with van der Waals surface area (Å²) >= 11 is 0. The Hall–Kier alpha value is -2.42. The second kappa shape index (κ2) is 7.43. The molecule has 0 aliphatic carbocycles. The van der Waals surface area contributed by atoms with Gasteiger partial charge >= 0.3 is 0 Å². The molecular weight excluding hydrogens is 308 g/mol. The van der Waals surface area contributed by atoms with Crippen LogP contribution in [-0.4, -0.2) is 19.3 Å². The molecule has 24 heavy (non-hydrogen) atoms. The fourth-order valence-electron chi connectivity index (χ4n) is 3.18. The smallest absolute Gasteiger partial charge is 0.172 e. The van der Waals surface area contributed by atoms with E-state index in [2.05, 4.69) is 96.7 Å². The summed E-state index contributed by atoms with van der Waals surface area (Å²) in [4.78, 5) is 0. The number of rotatable bonds is 5. The van der Waals surface area contributed by atoms with E-state index in [1.165, 1.54) is 15.6 Å². The maximum atomic E-state index is 9.89. The van der Waals surface area contributed by atoms with E-state index in [-0.39, 0.29) is 0 Å². The molecule has 0 aromatic heterocycles. The molecule has 120 valence electrons. The number of benzene rings is 3. The largest absolute Gasteiger partial charge is 0.389 e. The van der Waals surface area contributed by atoms with Gasteiger partial charge in [-0.15, -0.1) is 0 Å². The van der Waals surface area contributed by atoms with Crippen molar-refractivity contribution in [2.24, 2.45) is 0 Å². The van der Waals surface area contributed by atoms with E-state index in [4.69, 9.17) is 0 Å². The predicted octanol–water partition coefficient (Wildman–Crippen LogP) is 2.63. The summed E-state index contributed by atoms with van der Waals surface area (Å²) in [6, 6.07) is 32.0. The van der Waals surface area contributed by atoms with E-state index in [9.17, 15) is 5.11 Å². The van der Waals surface area contributed by atoms with Gasteiger partial charge in [0.05, 0.1) is 6.10 Å². The van der Waals surface area contributed by atoms with E-state index < -0.39 is 14.2 Å². The molecule has 0 heterocycles. The molecule has 0 spiro atoms. The zero-order valence-corrected chi connectivity index (χ0v) is 14.8. The van der Waals surface area contributed by atoms with Crippen LogP contribution in [0.2, 0.25) is 0 Å². The van der Waals surface area contributed by atoms with E-state index in [0.29, 0.717) is 0 Å². The fraction of sp³-hybridized carbons (Fsp3) is 0.0909. The standard InChI is InChI=1S/C22H22OSi/c1-19(23)17-18-24(20-11-5-2-6-12-20,21-13-7-3-8-14-21)22-15-9-4-10-16-22/h2-19,23H,1H3. The van der Waals surface area contributed by atoms with Crippen LogP contribution in [0.5, 0.6) is 0 Å². The summed E-state index contributed by atoms with van der Waals surface area (Å²) < 4.78 is 0. The maximum Gasteiger partial charge on any atom is 0.172 e. The van der Waals surface area contributed by atoms with E-state index in [1.807, 2.05) is 6.08 Å². The first kappa shape index (κ1) is 16.4. The average molecular weight is 331 g/mol. The van der Waals surface area contributed by atoms with Gasteiger partial charge in [-0.1, -0.05) is 103 Å². The molecule has 3 rings (SSSR count). The van der Waals surface area contributed by atoms with Crippen LogP contribution < -0.4 is 15.6 Å². The Morgan fingerprint density at radius 3 is 1.29 bits per heavy atom. The van der Waals surface area contributed by atoms with Crippen LogP contribution in [0.4, 0.5) is 0 Å². The first-order valence-corrected chi connectivity index (χ1v) is 10.4. The minimum atomic E-state index is -2.33. The fourth-order valence-corrected chi connectivity index (χ4v) is 7.47. The first-order valence-electron chi connectivity index (χ1n) is 8.27. The molecule has 0 bridgehead atoms. The molecule has 0 radical (unpaired) electrons. The Labute approximate surface area is 144 Å². The molecule has 0 aliphatic rings. The van der Waals surface area contributed by atoms with Crippen LogP contribution in [0.25, 0.3) is 0 Å². The number of hydrogen-bond donors (Lipinski definition) is 1. The van der Waals surface area contributed by atoms with Crippen molar-refractivity contribution >= 4 is 23.6 Å². The van der Waals surface area contributed by atoms with Crippen molar-refractivity contribution < 1.29 is 5.11 Å². The lowest BCUT2D eigenvalue weighted by Gasteiger charge is -2.31. The molecule has 0 saturated carbocycles. The molecule has 0 fully saturated rings. The highest BCUT2D eigenvalue weighted by Crippen LogP contribution is 2.10. The molecular formula is C22H22OSi. The van der Waals surface area contributed by atoms with Gasteiger partial charge in [0.15, 0.2) is 8.07 Å². The highest BCUT2D eigenvalue weighted by atomic mass is 28.3. The van der Waals surface area contributed by atoms with Crippen molar-refractivity contribution in [3.8, 4) is 0 Å². The van der Waals surface area contributed by atoms with Gasteiger partial charge in [-0.3, -0.25) is 0 Å². The molecule has 1 nitrogen and oxygen atoms in total. The second-order valence-corrected chi connectivity index (χ2v) is 9.69. The summed E-state index contributed by atoms with van der Waals surface area (Å²) in [5.74, 6) is 0. The van der Waals surface area contributed by atoms with Gasteiger partial charge in [0.2, 0.25) is 0 Å². The van der Waals surface area contributed by atoms with Gasteiger partial charge in [-0.05, 0) is 22.5 Å². The highest BCUT2D eigenvalue weighted by Gasteiger charge is 2.36. The lowest BCUT2D eigenvalue weighted by Crippen LogP contribution is -2.66. The normalized spacial score (nSPS) is 13.1. The van der Waals surface area contributed by atoms with Crippen molar-refractivity contribution in [3.05, 3.63) is 103 Å². The number of aliphatic hydroxyl groups excluding tert-OH is 1. The predicted molar refractivity (Wildman–Crippen MR) is 105 cm³/mol. The molecule has 1 N–H and O–H groups in total. The van der Waals surface area contributed by atoms with E-state index >= 15 is 0 Å². The SMILES string of the molecule is CC(O)C=C[Si](c1ccccc1)(c1ccccc1)c1ccccc1.